The molecule has 1 aliphatic rings. The number of halogens is 1. The van der Waals surface area contributed by atoms with Crippen molar-refractivity contribution in [2.75, 3.05) is 17.3 Å². The molecule has 1 amide bonds. The molecule has 0 saturated carbocycles. The molecule has 0 aliphatic carbocycles. The molecule has 0 bridgehead atoms. The number of aromatic nitrogens is 1. The van der Waals surface area contributed by atoms with Gasteiger partial charge in [0, 0.05) is 28.2 Å². The Hall–Kier alpha value is -1.44. The lowest BCUT2D eigenvalue weighted by molar-refractivity contribution is -0.123. The number of nitrogens with zero attached hydrogens (tertiary/aromatic N) is 2. The average Bonchev–Trinajstić information content (AvgIpc) is 3.00. The highest BCUT2D eigenvalue weighted by Crippen LogP contribution is 2.38. The van der Waals surface area contributed by atoms with Crippen molar-refractivity contribution in [2.24, 2.45) is 0 Å². The summed E-state index contributed by atoms with van der Waals surface area (Å²) in [4.78, 5) is 17.8. The van der Waals surface area contributed by atoms with Gasteiger partial charge >= 0.3 is 0 Å². The summed E-state index contributed by atoms with van der Waals surface area (Å²) in [5.41, 5.74) is 5.00. The molecule has 1 atom stereocenters. The van der Waals surface area contributed by atoms with Gasteiger partial charge in [-0.05, 0) is 28.1 Å². The Kier molecular flexibility index (Phi) is 3.49. The van der Waals surface area contributed by atoms with E-state index in [0.717, 1.165) is 15.9 Å². The fourth-order valence-corrected chi connectivity index (χ4v) is 3.40. The Morgan fingerprint density at radius 3 is 3.05 bits per heavy atom. The van der Waals surface area contributed by atoms with E-state index in [9.17, 15) is 9.90 Å². The smallest absolute Gasteiger partial charge is 0.257 e. The molecular weight excluding hydrogens is 342 g/mol. The zero-order valence-electron chi connectivity index (χ0n) is 10.6. The first-order chi connectivity index (χ1) is 9.56. The minimum Gasteiger partial charge on any atom is -0.378 e. The molecule has 7 heteroatoms. The third-order valence-electron chi connectivity index (χ3n) is 3.21. The number of hydrogen-bond acceptors (Lipinski definition) is 5. The van der Waals surface area contributed by atoms with E-state index in [0.29, 0.717) is 17.8 Å². The lowest BCUT2D eigenvalue weighted by Crippen LogP contribution is -2.17. The van der Waals surface area contributed by atoms with Crippen molar-refractivity contribution >= 4 is 44.5 Å². The van der Waals surface area contributed by atoms with E-state index >= 15 is 0 Å². The SMILES string of the molecule is CN(Cc1cscn1)c1cc2c(cc1Br)C(O)C(=O)N2. The normalized spacial score (nSPS) is 16.9. The standard InChI is InChI=1S/C13H12BrN3O2S/c1-17(4-7-5-20-6-15-7)11-3-10-8(2-9(11)14)12(18)13(19)16-10/h2-3,5-6,12,18H,4H2,1H3,(H,16,19). The van der Waals surface area contributed by atoms with Crippen LogP contribution in [0.25, 0.3) is 0 Å². The number of carbonyl (C=O) groups is 1. The molecule has 2 heterocycles. The first kappa shape index (κ1) is 13.5. The summed E-state index contributed by atoms with van der Waals surface area (Å²) in [6.45, 7) is 0.678. The van der Waals surface area contributed by atoms with Gasteiger partial charge in [0.25, 0.3) is 5.91 Å². The van der Waals surface area contributed by atoms with Crippen LogP contribution in [-0.2, 0) is 11.3 Å². The van der Waals surface area contributed by atoms with E-state index in [-0.39, 0.29) is 5.91 Å². The van der Waals surface area contributed by atoms with Crippen LogP contribution in [0.5, 0.6) is 0 Å². The third kappa shape index (κ3) is 2.32. The second-order valence-electron chi connectivity index (χ2n) is 4.62. The van der Waals surface area contributed by atoms with E-state index in [1.165, 1.54) is 0 Å². The Labute approximate surface area is 128 Å². The van der Waals surface area contributed by atoms with Crippen molar-refractivity contribution in [1.29, 1.82) is 0 Å². The van der Waals surface area contributed by atoms with Gasteiger partial charge in [0.1, 0.15) is 0 Å². The molecule has 1 aromatic heterocycles. The van der Waals surface area contributed by atoms with E-state index in [4.69, 9.17) is 0 Å². The second kappa shape index (κ2) is 5.16. The molecule has 0 saturated heterocycles. The van der Waals surface area contributed by atoms with Crippen LogP contribution in [0.1, 0.15) is 17.4 Å². The topological polar surface area (TPSA) is 65.5 Å². The highest BCUT2D eigenvalue weighted by molar-refractivity contribution is 9.10. The number of aliphatic hydroxyl groups excluding tert-OH is 1. The van der Waals surface area contributed by atoms with Gasteiger partial charge in [-0.25, -0.2) is 4.98 Å². The van der Waals surface area contributed by atoms with E-state index < -0.39 is 6.10 Å². The number of benzene rings is 1. The number of carbonyl (C=O) groups excluding carboxylic acids is 1. The van der Waals surface area contributed by atoms with Crippen molar-refractivity contribution in [3.8, 4) is 0 Å². The summed E-state index contributed by atoms with van der Waals surface area (Å²) in [6, 6.07) is 3.64. The summed E-state index contributed by atoms with van der Waals surface area (Å²) in [6.07, 6.45) is -1.08. The second-order valence-corrected chi connectivity index (χ2v) is 6.19. The average molecular weight is 354 g/mol. The van der Waals surface area contributed by atoms with Crippen LogP contribution < -0.4 is 10.2 Å². The molecule has 0 fully saturated rings. The Balaban J connectivity index is 1.91. The highest BCUT2D eigenvalue weighted by atomic mass is 79.9. The molecule has 104 valence electrons. The molecule has 20 heavy (non-hydrogen) atoms. The number of thiazole rings is 1. The summed E-state index contributed by atoms with van der Waals surface area (Å²) in [5, 5.41) is 14.4. The van der Waals surface area contributed by atoms with Crippen LogP contribution in [0.15, 0.2) is 27.5 Å². The van der Waals surface area contributed by atoms with Crippen LogP contribution in [0.4, 0.5) is 11.4 Å². The third-order valence-corrected chi connectivity index (χ3v) is 4.48. The molecule has 0 radical (unpaired) electrons. The van der Waals surface area contributed by atoms with Crippen LogP contribution in [0.3, 0.4) is 0 Å². The van der Waals surface area contributed by atoms with Gasteiger partial charge < -0.3 is 15.3 Å². The number of aliphatic hydroxyl groups is 1. The quantitative estimate of drug-likeness (QED) is 0.889. The number of nitrogens with one attached hydrogen (secondary N) is 1. The molecule has 2 aromatic rings. The molecule has 0 spiro atoms. The predicted octanol–water partition coefficient (Wildman–Crippen LogP) is 2.53. The highest BCUT2D eigenvalue weighted by Gasteiger charge is 2.29. The predicted molar refractivity (Wildman–Crippen MR) is 82.0 cm³/mol. The molecule has 5 nitrogen and oxygen atoms in total. The molecular formula is C13H12BrN3O2S. The van der Waals surface area contributed by atoms with E-state index in [1.807, 2.05) is 23.4 Å². The van der Waals surface area contributed by atoms with Gasteiger partial charge in [-0.1, -0.05) is 0 Å². The van der Waals surface area contributed by atoms with Crippen molar-refractivity contribution in [2.45, 2.75) is 12.6 Å². The zero-order valence-corrected chi connectivity index (χ0v) is 13.0. The van der Waals surface area contributed by atoms with Gasteiger partial charge in [-0.3, -0.25) is 4.79 Å². The van der Waals surface area contributed by atoms with Gasteiger partial charge in [0.05, 0.1) is 23.4 Å². The summed E-state index contributed by atoms with van der Waals surface area (Å²) >= 11 is 5.05. The number of amides is 1. The largest absolute Gasteiger partial charge is 0.378 e. The molecule has 2 N–H and O–H groups in total. The number of rotatable bonds is 3. The Morgan fingerprint density at radius 1 is 1.55 bits per heavy atom. The minimum absolute atomic E-state index is 0.383. The number of anilines is 2. The monoisotopic (exact) mass is 353 g/mol. The van der Waals surface area contributed by atoms with Crippen molar-refractivity contribution in [3.05, 3.63) is 38.8 Å². The number of hydrogen-bond donors (Lipinski definition) is 2. The van der Waals surface area contributed by atoms with E-state index in [1.54, 1.807) is 22.9 Å². The van der Waals surface area contributed by atoms with Crippen LogP contribution in [0.2, 0.25) is 0 Å². The van der Waals surface area contributed by atoms with Gasteiger partial charge in [-0.15, -0.1) is 11.3 Å². The lowest BCUT2D eigenvalue weighted by atomic mass is 10.1. The van der Waals surface area contributed by atoms with Gasteiger partial charge in [0.2, 0.25) is 0 Å². The Morgan fingerprint density at radius 2 is 2.35 bits per heavy atom. The van der Waals surface area contributed by atoms with Crippen molar-refractivity contribution in [1.82, 2.24) is 4.98 Å². The maximum atomic E-state index is 11.5. The maximum Gasteiger partial charge on any atom is 0.257 e. The van der Waals surface area contributed by atoms with E-state index in [2.05, 4.69) is 26.2 Å². The summed E-state index contributed by atoms with van der Waals surface area (Å²) in [7, 11) is 1.96. The van der Waals surface area contributed by atoms with Gasteiger partial charge in [-0.2, -0.15) is 0 Å². The first-order valence-corrected chi connectivity index (χ1v) is 7.70. The Bertz CT molecular complexity index is 660. The molecule has 1 aromatic carbocycles. The van der Waals surface area contributed by atoms with Crippen molar-refractivity contribution in [3.63, 3.8) is 0 Å². The van der Waals surface area contributed by atoms with Crippen LogP contribution in [-0.4, -0.2) is 23.0 Å². The molecule has 3 rings (SSSR count). The van der Waals surface area contributed by atoms with Gasteiger partial charge in [0.15, 0.2) is 6.10 Å². The summed E-state index contributed by atoms with van der Waals surface area (Å²) in [5.74, 6) is -0.383. The fraction of sp³-hybridized carbons (Fsp3) is 0.231. The van der Waals surface area contributed by atoms with Crippen molar-refractivity contribution < 1.29 is 9.90 Å². The van der Waals surface area contributed by atoms with Crippen LogP contribution in [0, 0.1) is 0 Å². The number of fused-ring (bicyclic) bond motifs is 1. The maximum absolute atomic E-state index is 11.5. The van der Waals surface area contributed by atoms with Crippen LogP contribution >= 0.6 is 27.3 Å². The minimum atomic E-state index is -1.08. The molecule has 1 unspecified atom stereocenters. The fourth-order valence-electron chi connectivity index (χ4n) is 2.19. The zero-order chi connectivity index (χ0) is 14.3. The first-order valence-electron chi connectivity index (χ1n) is 5.97. The lowest BCUT2D eigenvalue weighted by Gasteiger charge is -2.21. The summed E-state index contributed by atoms with van der Waals surface area (Å²) < 4.78 is 0.838. The molecule has 1 aliphatic heterocycles.